The van der Waals surface area contributed by atoms with Gasteiger partial charge in [0.05, 0.1) is 0 Å². The molecule has 2 aromatic rings. The smallest absolute Gasteiger partial charge is 0.343 e. The summed E-state index contributed by atoms with van der Waals surface area (Å²) < 4.78 is 53.6. The second kappa shape index (κ2) is 9.68. The lowest BCUT2D eigenvalue weighted by Crippen LogP contribution is -2.57. The van der Waals surface area contributed by atoms with Gasteiger partial charge in [-0.15, -0.1) is 0 Å². The number of halogens is 4. The molecule has 0 bridgehead atoms. The number of rotatable bonds is 7. The van der Waals surface area contributed by atoms with Crippen LogP contribution in [-0.4, -0.2) is 37.1 Å². The van der Waals surface area contributed by atoms with Gasteiger partial charge in [-0.05, 0) is 80.1 Å². The zero-order valence-electron chi connectivity index (χ0n) is 17.6. The molecule has 3 rings (SSSR count). The van der Waals surface area contributed by atoms with Crippen molar-refractivity contribution in [2.45, 2.75) is 49.9 Å². The Bertz CT molecular complexity index is 953. The lowest BCUT2D eigenvalue weighted by molar-refractivity contribution is -0.176. The predicted octanol–water partition coefficient (Wildman–Crippen LogP) is 4.18. The molecule has 172 valence electrons. The maximum absolute atomic E-state index is 14.7. The van der Waals surface area contributed by atoms with Gasteiger partial charge in [0.25, 0.3) is 0 Å². The van der Waals surface area contributed by atoms with Crippen molar-refractivity contribution in [3.8, 4) is 11.1 Å². The van der Waals surface area contributed by atoms with E-state index in [1.54, 1.807) is 43.4 Å². The molecular weight excluding hydrogens is 426 g/mol. The molecule has 9 heteroatoms. The molecule has 5 nitrogen and oxygen atoms in total. The first-order valence-corrected chi connectivity index (χ1v) is 10.3. The van der Waals surface area contributed by atoms with Crippen LogP contribution in [0.25, 0.3) is 11.1 Å². The summed E-state index contributed by atoms with van der Waals surface area (Å²) in [6.07, 6.45) is -2.75. The largest absolute Gasteiger partial charge is 0.471 e. The molecule has 1 saturated carbocycles. The lowest BCUT2D eigenvalue weighted by atomic mass is 9.75. The maximum atomic E-state index is 14.7. The Morgan fingerprint density at radius 1 is 1.09 bits per heavy atom. The normalized spacial score (nSPS) is 21.1. The molecule has 1 aliphatic carbocycles. The number of carbonyl (C=O) groups excluding carboxylic acids is 2. The third kappa shape index (κ3) is 5.64. The van der Waals surface area contributed by atoms with E-state index in [0.717, 1.165) is 5.56 Å². The third-order valence-corrected chi connectivity index (χ3v) is 6.01. The van der Waals surface area contributed by atoms with E-state index in [1.165, 1.54) is 6.07 Å². The summed E-state index contributed by atoms with van der Waals surface area (Å²) in [5, 5.41) is 7.81. The molecule has 0 radical (unpaired) electrons. The highest BCUT2D eigenvalue weighted by Crippen LogP contribution is 2.35. The highest BCUT2D eigenvalue weighted by atomic mass is 19.4. The van der Waals surface area contributed by atoms with Crippen LogP contribution in [0.1, 0.15) is 31.2 Å². The summed E-state index contributed by atoms with van der Waals surface area (Å²) in [4.78, 5) is 22.3. The van der Waals surface area contributed by atoms with Gasteiger partial charge < -0.3 is 16.0 Å². The number of alkyl halides is 3. The Balaban J connectivity index is 1.89. The van der Waals surface area contributed by atoms with Gasteiger partial charge in [0, 0.05) is 17.3 Å². The highest BCUT2D eigenvalue weighted by Gasteiger charge is 2.45. The lowest BCUT2D eigenvalue weighted by Gasteiger charge is -2.41. The molecule has 3 N–H and O–H groups in total. The van der Waals surface area contributed by atoms with Crippen molar-refractivity contribution in [1.29, 1.82) is 0 Å². The molecule has 0 aromatic heterocycles. The van der Waals surface area contributed by atoms with Gasteiger partial charge in [-0.25, -0.2) is 4.39 Å². The molecule has 2 amide bonds. The first-order chi connectivity index (χ1) is 15.2. The zero-order chi connectivity index (χ0) is 23.4. The number of nitrogens with one attached hydrogen (secondary N) is 3. The number of amides is 2. The number of benzene rings is 2. The second-order valence-corrected chi connectivity index (χ2v) is 8.12. The van der Waals surface area contributed by atoms with Gasteiger partial charge in [-0.2, -0.15) is 13.2 Å². The fourth-order valence-electron chi connectivity index (χ4n) is 4.20. The van der Waals surface area contributed by atoms with Crippen LogP contribution in [0.4, 0.5) is 23.2 Å². The van der Waals surface area contributed by atoms with Gasteiger partial charge in [-0.1, -0.05) is 18.2 Å². The maximum Gasteiger partial charge on any atom is 0.471 e. The number of carbonyl (C=O) groups is 2. The van der Waals surface area contributed by atoms with E-state index in [-0.39, 0.29) is 18.0 Å². The van der Waals surface area contributed by atoms with E-state index in [9.17, 15) is 27.2 Å². The molecule has 1 fully saturated rings. The Morgan fingerprint density at radius 2 is 1.72 bits per heavy atom. The number of hydrogen-bond acceptors (Lipinski definition) is 3. The van der Waals surface area contributed by atoms with E-state index in [0.29, 0.717) is 43.3 Å². The molecule has 1 aliphatic rings. The molecule has 2 aromatic carbocycles. The van der Waals surface area contributed by atoms with Gasteiger partial charge >= 0.3 is 12.1 Å². The van der Waals surface area contributed by atoms with Crippen LogP contribution >= 0.6 is 0 Å². The Hall–Kier alpha value is -2.94. The Labute approximate surface area is 183 Å². The fraction of sp³-hybridized carbons (Fsp3) is 0.391. The van der Waals surface area contributed by atoms with Crippen LogP contribution in [0.5, 0.6) is 0 Å². The van der Waals surface area contributed by atoms with Gasteiger partial charge in [-0.3, -0.25) is 9.59 Å². The standard InChI is InChI=1S/C23H25F4N3O2/c1-28-18-8-10-22(11-9-18,30-21(32)23(25,26)27)13-17-12-16(4-7-20(17)24)15-2-5-19(6-3-15)29-14-31/h2-7,12,14,18,28H,8-11,13H2,1H3,(H,29,31)(H,30,32). The summed E-state index contributed by atoms with van der Waals surface area (Å²) >= 11 is 0. The van der Waals surface area contributed by atoms with Crippen molar-refractivity contribution in [3.63, 3.8) is 0 Å². The molecule has 0 aliphatic heterocycles. The highest BCUT2D eigenvalue weighted by molar-refractivity contribution is 5.82. The first kappa shape index (κ1) is 23.7. The van der Waals surface area contributed by atoms with Crippen LogP contribution in [0.15, 0.2) is 42.5 Å². The zero-order valence-corrected chi connectivity index (χ0v) is 17.6. The molecule has 0 saturated heterocycles. The van der Waals surface area contributed by atoms with Crippen LogP contribution in [0.2, 0.25) is 0 Å². The molecule has 0 heterocycles. The first-order valence-electron chi connectivity index (χ1n) is 10.3. The van der Waals surface area contributed by atoms with Crippen LogP contribution in [0, 0.1) is 5.82 Å². The topological polar surface area (TPSA) is 70.2 Å². The third-order valence-electron chi connectivity index (χ3n) is 6.01. The van der Waals surface area contributed by atoms with Crippen molar-refractivity contribution in [2.24, 2.45) is 0 Å². The van der Waals surface area contributed by atoms with E-state index in [2.05, 4.69) is 16.0 Å². The molecule has 0 spiro atoms. The minimum absolute atomic E-state index is 0.0459. The van der Waals surface area contributed by atoms with Gasteiger partial charge in [0.15, 0.2) is 0 Å². The van der Waals surface area contributed by atoms with Gasteiger partial charge in [0.1, 0.15) is 5.82 Å². The van der Waals surface area contributed by atoms with Crippen molar-refractivity contribution >= 4 is 18.0 Å². The van der Waals surface area contributed by atoms with Crippen molar-refractivity contribution < 1.29 is 27.2 Å². The van der Waals surface area contributed by atoms with Crippen molar-refractivity contribution in [1.82, 2.24) is 10.6 Å². The Morgan fingerprint density at radius 3 is 2.28 bits per heavy atom. The number of hydrogen-bond donors (Lipinski definition) is 3. The van der Waals surface area contributed by atoms with Crippen molar-refractivity contribution in [3.05, 3.63) is 53.8 Å². The molecule has 32 heavy (non-hydrogen) atoms. The fourth-order valence-corrected chi connectivity index (χ4v) is 4.20. The summed E-state index contributed by atoms with van der Waals surface area (Å²) in [5.74, 6) is -2.54. The summed E-state index contributed by atoms with van der Waals surface area (Å²) in [5.41, 5.74) is 1.09. The molecule has 0 atom stereocenters. The van der Waals surface area contributed by atoms with E-state index < -0.39 is 23.4 Å². The van der Waals surface area contributed by atoms with Crippen LogP contribution in [0.3, 0.4) is 0 Å². The average Bonchev–Trinajstić information content (AvgIpc) is 2.76. The Kier molecular flexibility index (Phi) is 7.18. The summed E-state index contributed by atoms with van der Waals surface area (Å²) in [6, 6.07) is 11.5. The summed E-state index contributed by atoms with van der Waals surface area (Å²) in [6.45, 7) is 0. The summed E-state index contributed by atoms with van der Waals surface area (Å²) in [7, 11) is 1.78. The van der Waals surface area contributed by atoms with Crippen LogP contribution < -0.4 is 16.0 Å². The SMILES string of the molecule is CNC1CCC(Cc2cc(-c3ccc(NC=O)cc3)ccc2F)(NC(=O)C(F)(F)F)CC1. The quantitative estimate of drug-likeness (QED) is 0.437. The van der Waals surface area contributed by atoms with E-state index in [1.807, 2.05) is 0 Å². The minimum atomic E-state index is -5.01. The van der Waals surface area contributed by atoms with Crippen molar-refractivity contribution in [2.75, 3.05) is 12.4 Å². The monoisotopic (exact) mass is 451 g/mol. The minimum Gasteiger partial charge on any atom is -0.343 e. The second-order valence-electron chi connectivity index (χ2n) is 8.12. The predicted molar refractivity (Wildman–Crippen MR) is 113 cm³/mol. The van der Waals surface area contributed by atoms with E-state index in [4.69, 9.17) is 0 Å². The van der Waals surface area contributed by atoms with E-state index >= 15 is 0 Å². The van der Waals surface area contributed by atoms with Gasteiger partial charge in [0.2, 0.25) is 6.41 Å². The van der Waals surface area contributed by atoms with Crippen LogP contribution in [-0.2, 0) is 16.0 Å². The average molecular weight is 451 g/mol. The molecular formula is C23H25F4N3O2. The number of anilines is 1. The molecule has 0 unspecified atom stereocenters.